The number of nitrogens with one attached hydrogen (secondary N) is 1. The number of rotatable bonds is 8. The highest BCUT2D eigenvalue weighted by Gasteiger charge is 2.13. The third-order valence-electron chi connectivity index (χ3n) is 4.23. The molecule has 0 unspecified atom stereocenters. The van der Waals surface area contributed by atoms with Crippen molar-refractivity contribution >= 4 is 29.9 Å². The van der Waals surface area contributed by atoms with E-state index in [9.17, 15) is 0 Å². The zero-order chi connectivity index (χ0) is 17.2. The second-order valence-electron chi connectivity index (χ2n) is 6.24. The van der Waals surface area contributed by atoms with E-state index >= 15 is 0 Å². The minimum Gasteiger partial charge on any atom is -0.381 e. The Labute approximate surface area is 169 Å². The Morgan fingerprint density at radius 2 is 2.20 bits per heavy atom. The normalized spacial score (nSPS) is 15.7. The molecule has 1 N–H and O–H groups in total. The molecule has 0 saturated carbocycles. The molecule has 0 aromatic carbocycles. The first-order chi connectivity index (χ1) is 11.7. The van der Waals surface area contributed by atoms with Crippen LogP contribution in [0.25, 0.3) is 0 Å². The van der Waals surface area contributed by atoms with Crippen LogP contribution in [0.4, 0.5) is 0 Å². The lowest BCUT2D eigenvalue weighted by molar-refractivity contribution is -0.0318. The molecular weight excluding hydrogens is 431 g/mol. The summed E-state index contributed by atoms with van der Waals surface area (Å²) in [5, 5.41) is 3.36. The van der Waals surface area contributed by atoms with E-state index in [1.54, 1.807) is 0 Å². The van der Waals surface area contributed by atoms with Crippen molar-refractivity contribution in [3.63, 3.8) is 0 Å². The molecule has 0 atom stereocenters. The van der Waals surface area contributed by atoms with Gasteiger partial charge in [-0.15, -0.1) is 24.0 Å². The van der Waals surface area contributed by atoms with E-state index in [0.29, 0.717) is 6.10 Å². The monoisotopic (exact) mass is 464 g/mol. The number of hydrogen-bond acceptors (Lipinski definition) is 3. The molecule has 0 bridgehead atoms. The summed E-state index contributed by atoms with van der Waals surface area (Å²) in [4.78, 5) is 6.89. The van der Waals surface area contributed by atoms with Crippen LogP contribution in [0.2, 0.25) is 0 Å². The SMILES string of the molecule is CCNC(=NCCCOC1CCOCC1)N(C)Cc1cccn1C.I. The summed E-state index contributed by atoms with van der Waals surface area (Å²) in [6.45, 7) is 7.02. The van der Waals surface area contributed by atoms with Gasteiger partial charge in [0.15, 0.2) is 5.96 Å². The van der Waals surface area contributed by atoms with Gasteiger partial charge in [0.2, 0.25) is 0 Å². The molecule has 1 fully saturated rings. The number of halogens is 1. The summed E-state index contributed by atoms with van der Waals surface area (Å²) in [7, 11) is 4.15. The van der Waals surface area contributed by atoms with Crippen LogP contribution in [0, 0.1) is 0 Å². The number of ether oxygens (including phenoxy) is 2. The fraction of sp³-hybridized carbons (Fsp3) is 0.722. The molecule has 2 heterocycles. The zero-order valence-corrected chi connectivity index (χ0v) is 18.1. The van der Waals surface area contributed by atoms with E-state index in [1.807, 2.05) is 0 Å². The highest BCUT2D eigenvalue weighted by molar-refractivity contribution is 14.0. The number of aliphatic imine (C=N–C) groups is 1. The third-order valence-corrected chi connectivity index (χ3v) is 4.23. The Kier molecular flexibility index (Phi) is 11.2. The molecule has 1 aliphatic rings. The van der Waals surface area contributed by atoms with Gasteiger partial charge in [0, 0.05) is 58.9 Å². The van der Waals surface area contributed by atoms with Gasteiger partial charge in [-0.25, -0.2) is 0 Å². The summed E-state index contributed by atoms with van der Waals surface area (Å²) >= 11 is 0. The summed E-state index contributed by atoms with van der Waals surface area (Å²) in [6, 6.07) is 4.21. The number of guanidine groups is 1. The van der Waals surface area contributed by atoms with Gasteiger partial charge >= 0.3 is 0 Å². The molecule has 1 saturated heterocycles. The van der Waals surface area contributed by atoms with Crippen LogP contribution in [-0.2, 0) is 23.1 Å². The van der Waals surface area contributed by atoms with Crippen molar-refractivity contribution in [1.29, 1.82) is 0 Å². The smallest absolute Gasteiger partial charge is 0.194 e. The molecule has 7 heteroatoms. The number of aromatic nitrogens is 1. The van der Waals surface area contributed by atoms with Gasteiger partial charge in [0.25, 0.3) is 0 Å². The van der Waals surface area contributed by atoms with Gasteiger partial charge in [-0.2, -0.15) is 0 Å². The summed E-state index contributed by atoms with van der Waals surface area (Å²) in [6.07, 6.45) is 5.43. The molecule has 2 rings (SSSR count). The van der Waals surface area contributed by atoms with Crippen molar-refractivity contribution in [2.24, 2.45) is 12.0 Å². The number of aryl methyl sites for hydroxylation is 1. The van der Waals surface area contributed by atoms with E-state index in [-0.39, 0.29) is 24.0 Å². The van der Waals surface area contributed by atoms with E-state index in [0.717, 1.165) is 64.7 Å². The topological polar surface area (TPSA) is 51.0 Å². The fourth-order valence-electron chi connectivity index (χ4n) is 2.79. The fourth-order valence-corrected chi connectivity index (χ4v) is 2.79. The Morgan fingerprint density at radius 1 is 1.44 bits per heavy atom. The molecule has 1 aliphatic heterocycles. The Morgan fingerprint density at radius 3 is 2.84 bits per heavy atom. The van der Waals surface area contributed by atoms with Gasteiger partial charge < -0.3 is 24.3 Å². The third kappa shape index (κ3) is 7.96. The van der Waals surface area contributed by atoms with Crippen molar-refractivity contribution in [3.8, 4) is 0 Å². The molecule has 1 aromatic heterocycles. The van der Waals surface area contributed by atoms with Crippen LogP contribution < -0.4 is 5.32 Å². The minimum absolute atomic E-state index is 0. The van der Waals surface area contributed by atoms with Gasteiger partial charge in [0.1, 0.15) is 0 Å². The molecule has 0 amide bonds. The van der Waals surface area contributed by atoms with Crippen LogP contribution in [0.1, 0.15) is 31.9 Å². The van der Waals surface area contributed by atoms with Crippen molar-refractivity contribution in [3.05, 3.63) is 24.0 Å². The summed E-state index contributed by atoms with van der Waals surface area (Å²) in [5.41, 5.74) is 1.27. The molecular formula is C18H33IN4O2. The van der Waals surface area contributed by atoms with Crippen LogP contribution in [0.15, 0.2) is 23.3 Å². The van der Waals surface area contributed by atoms with Gasteiger partial charge in [-0.1, -0.05) is 0 Å². The van der Waals surface area contributed by atoms with Crippen molar-refractivity contribution in [2.75, 3.05) is 40.0 Å². The Bertz CT molecular complexity index is 501. The Balaban J connectivity index is 0.00000312. The number of nitrogens with zero attached hydrogens (tertiary/aromatic N) is 3. The van der Waals surface area contributed by atoms with E-state index < -0.39 is 0 Å². The van der Waals surface area contributed by atoms with Crippen molar-refractivity contribution in [1.82, 2.24) is 14.8 Å². The molecule has 0 radical (unpaired) electrons. The van der Waals surface area contributed by atoms with Gasteiger partial charge in [-0.05, 0) is 38.3 Å². The highest BCUT2D eigenvalue weighted by atomic mass is 127. The van der Waals surface area contributed by atoms with Gasteiger partial charge in [-0.3, -0.25) is 4.99 Å². The predicted octanol–water partition coefficient (Wildman–Crippen LogP) is 2.63. The van der Waals surface area contributed by atoms with Gasteiger partial charge in [0.05, 0.1) is 12.6 Å². The molecule has 1 aromatic rings. The second-order valence-corrected chi connectivity index (χ2v) is 6.24. The van der Waals surface area contributed by atoms with Crippen molar-refractivity contribution < 1.29 is 9.47 Å². The lowest BCUT2D eigenvalue weighted by Gasteiger charge is -2.23. The van der Waals surface area contributed by atoms with Crippen LogP contribution in [0.3, 0.4) is 0 Å². The lowest BCUT2D eigenvalue weighted by Crippen LogP contribution is -2.39. The molecule has 6 nitrogen and oxygen atoms in total. The largest absolute Gasteiger partial charge is 0.381 e. The summed E-state index contributed by atoms with van der Waals surface area (Å²) in [5.74, 6) is 0.949. The summed E-state index contributed by atoms with van der Waals surface area (Å²) < 4.78 is 13.4. The maximum atomic E-state index is 5.90. The number of hydrogen-bond donors (Lipinski definition) is 1. The maximum Gasteiger partial charge on any atom is 0.194 e. The first kappa shape index (κ1) is 22.2. The lowest BCUT2D eigenvalue weighted by atomic mass is 10.1. The molecule has 25 heavy (non-hydrogen) atoms. The van der Waals surface area contributed by atoms with Crippen molar-refractivity contribution in [2.45, 2.75) is 38.8 Å². The van der Waals surface area contributed by atoms with E-state index in [1.165, 1.54) is 5.69 Å². The Hall–Kier alpha value is -0.800. The molecule has 0 spiro atoms. The standard InChI is InChI=1S/C18H32N4O2.HI/c1-4-19-18(22(3)15-16-7-5-11-21(16)2)20-10-6-12-24-17-8-13-23-14-9-17;/h5,7,11,17H,4,6,8-10,12-15H2,1-3H3,(H,19,20);1H. The first-order valence-corrected chi connectivity index (χ1v) is 8.99. The minimum atomic E-state index is 0. The van der Waals surface area contributed by atoms with E-state index in [2.05, 4.69) is 54.1 Å². The molecule has 144 valence electrons. The predicted molar refractivity (Wildman–Crippen MR) is 113 cm³/mol. The average Bonchev–Trinajstić information content (AvgIpc) is 2.99. The first-order valence-electron chi connectivity index (χ1n) is 8.99. The quantitative estimate of drug-likeness (QED) is 0.278. The molecule has 0 aliphatic carbocycles. The van der Waals surface area contributed by atoms with Crippen LogP contribution in [0.5, 0.6) is 0 Å². The second kappa shape index (κ2) is 12.5. The maximum absolute atomic E-state index is 5.90. The van der Waals surface area contributed by atoms with Crippen LogP contribution >= 0.6 is 24.0 Å². The van der Waals surface area contributed by atoms with E-state index in [4.69, 9.17) is 14.5 Å². The zero-order valence-electron chi connectivity index (χ0n) is 15.7. The highest BCUT2D eigenvalue weighted by Crippen LogP contribution is 2.10. The van der Waals surface area contributed by atoms with Crippen LogP contribution in [-0.4, -0.2) is 61.5 Å². The average molecular weight is 464 g/mol.